The standard InChI is InChI=1S/C25H27N3O3/c1-15-16(2)26-22-8-4-3-6-19(22)21(15)14-17-10-12-18(13-11-17)24(29)27-23-9-5-7-20(23)25(30)28-31/h3-4,6,8,10-13,20,23,31H,5,7,9,14H2,1-2H3,(H,27,29)(H,28,30)/t20-,23+/m1/s1. The number of pyridine rings is 1. The highest BCUT2D eigenvalue weighted by molar-refractivity contribution is 5.95. The van der Waals surface area contributed by atoms with Crippen molar-refractivity contribution in [1.82, 2.24) is 15.8 Å². The van der Waals surface area contributed by atoms with E-state index in [1.54, 1.807) is 5.48 Å². The molecule has 0 radical (unpaired) electrons. The van der Waals surface area contributed by atoms with E-state index in [4.69, 9.17) is 10.2 Å². The van der Waals surface area contributed by atoms with Crippen molar-refractivity contribution in [2.75, 3.05) is 0 Å². The van der Waals surface area contributed by atoms with Crippen molar-refractivity contribution in [3.63, 3.8) is 0 Å². The lowest BCUT2D eigenvalue weighted by Gasteiger charge is -2.19. The Morgan fingerprint density at radius 2 is 1.81 bits per heavy atom. The molecule has 1 aliphatic rings. The number of aromatic nitrogens is 1. The van der Waals surface area contributed by atoms with E-state index >= 15 is 0 Å². The van der Waals surface area contributed by atoms with Crippen LogP contribution in [0.4, 0.5) is 0 Å². The van der Waals surface area contributed by atoms with Crippen LogP contribution < -0.4 is 10.8 Å². The SMILES string of the molecule is Cc1nc2ccccc2c(Cc2ccc(C(=O)N[C@H]3CCC[C@H]3C(=O)NO)cc2)c1C. The van der Waals surface area contributed by atoms with Gasteiger partial charge in [-0.2, -0.15) is 0 Å². The molecule has 31 heavy (non-hydrogen) atoms. The first-order chi connectivity index (χ1) is 15.0. The van der Waals surface area contributed by atoms with Gasteiger partial charge in [-0.05, 0) is 68.0 Å². The average Bonchev–Trinajstić information content (AvgIpc) is 3.24. The molecule has 1 fully saturated rings. The molecule has 0 saturated heterocycles. The van der Waals surface area contributed by atoms with Gasteiger partial charge < -0.3 is 5.32 Å². The Morgan fingerprint density at radius 1 is 1.06 bits per heavy atom. The lowest BCUT2D eigenvalue weighted by Crippen LogP contribution is -2.43. The van der Waals surface area contributed by atoms with Crippen LogP contribution in [-0.4, -0.2) is 28.0 Å². The molecule has 3 N–H and O–H groups in total. The predicted octanol–water partition coefficient (Wildman–Crippen LogP) is 3.85. The molecular weight excluding hydrogens is 390 g/mol. The highest BCUT2D eigenvalue weighted by Crippen LogP contribution is 2.27. The average molecular weight is 418 g/mol. The number of benzene rings is 2. The summed E-state index contributed by atoms with van der Waals surface area (Å²) >= 11 is 0. The summed E-state index contributed by atoms with van der Waals surface area (Å²) in [4.78, 5) is 29.2. The number of hydrogen-bond donors (Lipinski definition) is 3. The quantitative estimate of drug-likeness (QED) is 0.434. The first-order valence-electron chi connectivity index (χ1n) is 10.7. The second-order valence-corrected chi connectivity index (χ2v) is 8.29. The summed E-state index contributed by atoms with van der Waals surface area (Å²) in [5, 5.41) is 13.0. The molecule has 1 saturated carbocycles. The minimum atomic E-state index is -0.437. The van der Waals surface area contributed by atoms with E-state index in [1.165, 1.54) is 11.1 Å². The molecule has 0 unspecified atom stereocenters. The third kappa shape index (κ3) is 4.30. The van der Waals surface area contributed by atoms with Crippen molar-refractivity contribution < 1.29 is 14.8 Å². The zero-order valence-corrected chi connectivity index (χ0v) is 17.8. The number of hydrogen-bond acceptors (Lipinski definition) is 4. The molecule has 4 rings (SSSR count). The molecule has 0 aliphatic heterocycles. The van der Waals surface area contributed by atoms with Crippen LogP contribution in [0.5, 0.6) is 0 Å². The Balaban J connectivity index is 1.50. The second-order valence-electron chi connectivity index (χ2n) is 8.29. The molecule has 3 aromatic rings. The van der Waals surface area contributed by atoms with E-state index in [0.29, 0.717) is 12.0 Å². The van der Waals surface area contributed by atoms with Gasteiger partial charge in [0.15, 0.2) is 0 Å². The smallest absolute Gasteiger partial charge is 0.251 e. The van der Waals surface area contributed by atoms with Gasteiger partial charge in [0.2, 0.25) is 5.91 Å². The van der Waals surface area contributed by atoms with E-state index in [9.17, 15) is 9.59 Å². The maximum absolute atomic E-state index is 12.7. The fourth-order valence-corrected chi connectivity index (χ4v) is 4.50. The van der Waals surface area contributed by atoms with E-state index < -0.39 is 5.91 Å². The van der Waals surface area contributed by atoms with Crippen LogP contribution in [0, 0.1) is 19.8 Å². The number of para-hydroxylation sites is 1. The number of amides is 2. The molecule has 2 amide bonds. The van der Waals surface area contributed by atoms with Crippen LogP contribution >= 0.6 is 0 Å². The summed E-state index contributed by atoms with van der Waals surface area (Å²) < 4.78 is 0. The molecule has 2 atom stereocenters. The van der Waals surface area contributed by atoms with Crippen molar-refractivity contribution in [3.05, 3.63) is 76.5 Å². The van der Waals surface area contributed by atoms with Crippen LogP contribution in [0.3, 0.4) is 0 Å². The Kier molecular flexibility index (Phi) is 6.00. The fourth-order valence-electron chi connectivity index (χ4n) is 4.50. The normalized spacial score (nSPS) is 18.2. The van der Waals surface area contributed by atoms with Crippen LogP contribution in [0.2, 0.25) is 0 Å². The lowest BCUT2D eigenvalue weighted by atomic mass is 9.95. The maximum Gasteiger partial charge on any atom is 0.251 e. The summed E-state index contributed by atoms with van der Waals surface area (Å²) in [5.74, 6) is -1.02. The van der Waals surface area contributed by atoms with E-state index in [0.717, 1.165) is 41.4 Å². The Bertz CT molecular complexity index is 1120. The van der Waals surface area contributed by atoms with Gasteiger partial charge in [-0.25, -0.2) is 5.48 Å². The third-order valence-corrected chi connectivity index (χ3v) is 6.39. The van der Waals surface area contributed by atoms with Crippen molar-refractivity contribution in [3.8, 4) is 0 Å². The van der Waals surface area contributed by atoms with Gasteiger partial charge in [-0.15, -0.1) is 0 Å². The first kappa shape index (κ1) is 21.0. The number of fused-ring (bicyclic) bond motifs is 1. The van der Waals surface area contributed by atoms with Crippen LogP contribution in [0.1, 0.15) is 52.0 Å². The zero-order chi connectivity index (χ0) is 22.0. The third-order valence-electron chi connectivity index (χ3n) is 6.39. The molecule has 160 valence electrons. The number of carbonyl (C=O) groups is 2. The minimum absolute atomic E-state index is 0.199. The second kappa shape index (κ2) is 8.86. The highest BCUT2D eigenvalue weighted by atomic mass is 16.5. The van der Waals surface area contributed by atoms with E-state index in [1.807, 2.05) is 49.4 Å². The Morgan fingerprint density at radius 3 is 2.55 bits per heavy atom. The summed E-state index contributed by atoms with van der Waals surface area (Å²) in [7, 11) is 0. The molecule has 0 spiro atoms. The largest absolute Gasteiger partial charge is 0.349 e. The monoisotopic (exact) mass is 417 g/mol. The van der Waals surface area contributed by atoms with E-state index in [2.05, 4.69) is 18.3 Å². The van der Waals surface area contributed by atoms with Crippen molar-refractivity contribution >= 4 is 22.7 Å². The van der Waals surface area contributed by atoms with Gasteiger partial charge in [0.1, 0.15) is 0 Å². The number of nitrogens with one attached hydrogen (secondary N) is 2. The molecule has 0 bridgehead atoms. The van der Waals surface area contributed by atoms with Gasteiger partial charge >= 0.3 is 0 Å². The summed E-state index contributed by atoms with van der Waals surface area (Å²) in [6.45, 7) is 4.14. The maximum atomic E-state index is 12.7. The van der Waals surface area contributed by atoms with Crippen LogP contribution in [0.25, 0.3) is 10.9 Å². The summed E-state index contributed by atoms with van der Waals surface area (Å²) in [6, 6.07) is 15.5. The van der Waals surface area contributed by atoms with Gasteiger partial charge in [0.05, 0.1) is 11.4 Å². The van der Waals surface area contributed by atoms with Crippen molar-refractivity contribution in [2.24, 2.45) is 5.92 Å². The molecule has 1 heterocycles. The lowest BCUT2D eigenvalue weighted by molar-refractivity contribution is -0.133. The first-order valence-corrected chi connectivity index (χ1v) is 10.7. The van der Waals surface area contributed by atoms with Crippen molar-refractivity contribution in [2.45, 2.75) is 45.6 Å². The number of aryl methyl sites for hydroxylation is 1. The highest BCUT2D eigenvalue weighted by Gasteiger charge is 2.34. The van der Waals surface area contributed by atoms with Crippen LogP contribution in [0.15, 0.2) is 48.5 Å². The topological polar surface area (TPSA) is 91.3 Å². The fraction of sp³-hybridized carbons (Fsp3) is 0.320. The molecular formula is C25H27N3O3. The van der Waals surface area contributed by atoms with Gasteiger partial charge in [0, 0.05) is 22.7 Å². The summed E-state index contributed by atoms with van der Waals surface area (Å²) in [6.07, 6.45) is 3.00. The Labute approximate surface area is 181 Å². The van der Waals surface area contributed by atoms with Gasteiger partial charge in [-0.1, -0.05) is 36.8 Å². The van der Waals surface area contributed by atoms with Crippen LogP contribution in [-0.2, 0) is 11.2 Å². The molecule has 1 aliphatic carbocycles. The zero-order valence-electron chi connectivity index (χ0n) is 17.8. The number of hydroxylamine groups is 1. The molecule has 6 heteroatoms. The summed E-state index contributed by atoms with van der Waals surface area (Å²) in [5.41, 5.74) is 7.86. The number of carbonyl (C=O) groups excluding carboxylic acids is 2. The Hall–Kier alpha value is -3.25. The predicted molar refractivity (Wildman–Crippen MR) is 119 cm³/mol. The van der Waals surface area contributed by atoms with E-state index in [-0.39, 0.29) is 17.9 Å². The molecule has 1 aromatic heterocycles. The molecule has 2 aromatic carbocycles. The minimum Gasteiger partial charge on any atom is -0.349 e. The van der Waals surface area contributed by atoms with Gasteiger partial charge in [0.25, 0.3) is 5.91 Å². The van der Waals surface area contributed by atoms with Crippen molar-refractivity contribution in [1.29, 1.82) is 0 Å². The number of rotatable bonds is 5. The number of nitrogens with zero attached hydrogens (tertiary/aromatic N) is 1. The van der Waals surface area contributed by atoms with Gasteiger partial charge in [-0.3, -0.25) is 19.8 Å². The molecule has 6 nitrogen and oxygen atoms in total.